The average Bonchev–Trinajstić information content (AvgIpc) is 2.84. The molecule has 0 radical (unpaired) electrons. The number of H-pyrrole nitrogens is 1. The zero-order valence-electron chi connectivity index (χ0n) is 11.8. The molecule has 7 heteroatoms. The molecule has 2 aromatic rings. The molecule has 0 aliphatic heterocycles. The number of hydrogen-bond acceptors (Lipinski definition) is 6. The van der Waals surface area contributed by atoms with Crippen LogP contribution in [-0.2, 0) is 4.74 Å². The summed E-state index contributed by atoms with van der Waals surface area (Å²) >= 11 is 0. The van der Waals surface area contributed by atoms with Gasteiger partial charge in [0.05, 0.1) is 24.3 Å². The van der Waals surface area contributed by atoms with Crippen LogP contribution in [0.4, 0.5) is 11.8 Å². The molecule has 0 unspecified atom stereocenters. The van der Waals surface area contributed by atoms with Gasteiger partial charge in [-0.3, -0.25) is 5.10 Å². The number of nitrogens with zero attached hydrogens (tertiary/aromatic N) is 4. The van der Waals surface area contributed by atoms with E-state index in [4.69, 9.17) is 4.74 Å². The fourth-order valence-electron chi connectivity index (χ4n) is 1.75. The van der Waals surface area contributed by atoms with Crippen molar-refractivity contribution in [3.8, 4) is 0 Å². The lowest BCUT2D eigenvalue weighted by Gasteiger charge is -2.20. The van der Waals surface area contributed by atoms with Crippen molar-refractivity contribution in [1.29, 1.82) is 0 Å². The monoisotopic (exact) mass is 264 g/mol. The van der Waals surface area contributed by atoms with Crippen LogP contribution < -0.4 is 10.2 Å². The van der Waals surface area contributed by atoms with Gasteiger partial charge in [-0.05, 0) is 13.8 Å². The molecule has 0 bridgehead atoms. The van der Waals surface area contributed by atoms with Crippen molar-refractivity contribution < 1.29 is 4.74 Å². The molecule has 2 N–H and O–H groups in total. The summed E-state index contributed by atoms with van der Waals surface area (Å²) in [6, 6.07) is 0. The number of aromatic amines is 1. The van der Waals surface area contributed by atoms with Gasteiger partial charge in [0.15, 0.2) is 5.65 Å². The second kappa shape index (κ2) is 5.83. The molecule has 0 spiro atoms. The fourth-order valence-corrected chi connectivity index (χ4v) is 1.75. The lowest BCUT2D eigenvalue weighted by molar-refractivity contribution is 0.0845. The van der Waals surface area contributed by atoms with Crippen LogP contribution in [0.1, 0.15) is 13.8 Å². The van der Waals surface area contributed by atoms with Crippen molar-refractivity contribution in [1.82, 2.24) is 20.2 Å². The molecular weight excluding hydrogens is 244 g/mol. The Labute approximate surface area is 112 Å². The summed E-state index contributed by atoms with van der Waals surface area (Å²) in [4.78, 5) is 10.8. The minimum atomic E-state index is 0.237. The molecule has 19 heavy (non-hydrogen) atoms. The van der Waals surface area contributed by atoms with Crippen molar-refractivity contribution in [3.05, 3.63) is 6.20 Å². The molecule has 0 saturated heterocycles. The maximum atomic E-state index is 5.56. The lowest BCUT2D eigenvalue weighted by Crippen LogP contribution is -2.25. The van der Waals surface area contributed by atoms with E-state index in [1.807, 2.05) is 25.8 Å². The fraction of sp³-hybridized carbons (Fsp3) is 0.583. The van der Waals surface area contributed by atoms with Gasteiger partial charge >= 0.3 is 0 Å². The predicted molar refractivity (Wildman–Crippen MR) is 75.6 cm³/mol. The highest BCUT2D eigenvalue weighted by atomic mass is 16.5. The van der Waals surface area contributed by atoms with Crippen LogP contribution >= 0.6 is 0 Å². The molecule has 0 saturated carbocycles. The first-order valence-corrected chi connectivity index (χ1v) is 6.33. The minimum absolute atomic E-state index is 0.237. The van der Waals surface area contributed by atoms with E-state index in [9.17, 15) is 0 Å². The van der Waals surface area contributed by atoms with Crippen molar-refractivity contribution in [2.45, 2.75) is 20.0 Å². The van der Waals surface area contributed by atoms with Crippen LogP contribution in [-0.4, -0.2) is 53.5 Å². The molecule has 0 aliphatic rings. The number of ether oxygens (including phenoxy) is 1. The molecular formula is C12H20N6O. The predicted octanol–water partition coefficient (Wildman–Crippen LogP) is 1.26. The van der Waals surface area contributed by atoms with E-state index in [1.165, 1.54) is 0 Å². The first kappa shape index (κ1) is 13.5. The van der Waals surface area contributed by atoms with E-state index in [1.54, 1.807) is 13.2 Å². The van der Waals surface area contributed by atoms with Crippen LogP contribution in [0.15, 0.2) is 6.20 Å². The van der Waals surface area contributed by atoms with Gasteiger partial charge < -0.3 is 15.0 Å². The van der Waals surface area contributed by atoms with Crippen LogP contribution in [0.3, 0.4) is 0 Å². The third-order valence-electron chi connectivity index (χ3n) is 2.75. The second-order valence-corrected chi connectivity index (χ2v) is 4.59. The number of anilines is 2. The maximum Gasteiger partial charge on any atom is 0.226 e. The summed E-state index contributed by atoms with van der Waals surface area (Å²) in [5, 5.41) is 10.7. The minimum Gasteiger partial charge on any atom is -0.377 e. The molecule has 0 aromatic carbocycles. The van der Waals surface area contributed by atoms with Gasteiger partial charge in [0.25, 0.3) is 0 Å². The highest BCUT2D eigenvalue weighted by Gasteiger charge is 2.12. The Morgan fingerprint density at radius 2 is 2.21 bits per heavy atom. The Kier molecular flexibility index (Phi) is 4.16. The normalized spacial score (nSPS) is 11.2. The summed E-state index contributed by atoms with van der Waals surface area (Å²) in [6.07, 6.45) is 1.98. The third kappa shape index (κ3) is 3.11. The SMILES string of the molecule is CNc1nc(N(C)CCOC(C)C)c2cn[nH]c2n1. The Morgan fingerprint density at radius 1 is 1.42 bits per heavy atom. The van der Waals surface area contributed by atoms with E-state index < -0.39 is 0 Å². The number of fused-ring (bicyclic) bond motifs is 1. The maximum absolute atomic E-state index is 5.56. The largest absolute Gasteiger partial charge is 0.377 e. The number of aromatic nitrogens is 4. The zero-order valence-corrected chi connectivity index (χ0v) is 11.8. The van der Waals surface area contributed by atoms with Crippen molar-refractivity contribution in [2.24, 2.45) is 0 Å². The van der Waals surface area contributed by atoms with Crippen molar-refractivity contribution in [2.75, 3.05) is 37.5 Å². The van der Waals surface area contributed by atoms with Gasteiger partial charge in [-0.15, -0.1) is 0 Å². The summed E-state index contributed by atoms with van der Waals surface area (Å²) in [7, 11) is 3.78. The van der Waals surface area contributed by atoms with Crippen molar-refractivity contribution in [3.63, 3.8) is 0 Å². The van der Waals surface area contributed by atoms with E-state index in [-0.39, 0.29) is 6.10 Å². The van der Waals surface area contributed by atoms with Crippen LogP contribution in [0.2, 0.25) is 0 Å². The molecule has 104 valence electrons. The molecule has 2 heterocycles. The molecule has 0 aliphatic carbocycles. The van der Waals surface area contributed by atoms with Crippen molar-refractivity contribution >= 4 is 22.8 Å². The standard InChI is InChI=1S/C12H20N6O/c1-8(2)19-6-5-18(4)11-9-7-14-17-10(9)15-12(13-3)16-11/h7-8H,5-6H2,1-4H3,(H2,13,14,15,16,17). The average molecular weight is 264 g/mol. The van der Waals surface area contributed by atoms with Gasteiger partial charge in [-0.1, -0.05) is 0 Å². The number of hydrogen-bond donors (Lipinski definition) is 2. The number of rotatable bonds is 6. The number of likely N-dealkylation sites (N-methyl/N-ethyl adjacent to an activating group) is 1. The topological polar surface area (TPSA) is 79.0 Å². The first-order valence-electron chi connectivity index (χ1n) is 6.33. The Hall–Kier alpha value is -1.89. The summed E-state index contributed by atoms with van der Waals surface area (Å²) < 4.78 is 5.56. The van der Waals surface area contributed by atoms with E-state index in [2.05, 4.69) is 25.5 Å². The highest BCUT2D eigenvalue weighted by molar-refractivity contribution is 5.87. The smallest absolute Gasteiger partial charge is 0.226 e. The summed E-state index contributed by atoms with van der Waals surface area (Å²) in [5.74, 6) is 1.42. The van der Waals surface area contributed by atoms with Crippen LogP contribution in [0.25, 0.3) is 11.0 Å². The lowest BCUT2D eigenvalue weighted by atomic mass is 10.3. The van der Waals surface area contributed by atoms with E-state index >= 15 is 0 Å². The highest BCUT2D eigenvalue weighted by Crippen LogP contribution is 2.22. The van der Waals surface area contributed by atoms with E-state index in [0.29, 0.717) is 12.6 Å². The van der Waals surface area contributed by atoms with Gasteiger partial charge in [-0.25, -0.2) is 0 Å². The molecule has 2 rings (SSSR count). The van der Waals surface area contributed by atoms with E-state index in [0.717, 1.165) is 23.4 Å². The van der Waals surface area contributed by atoms with Crippen LogP contribution in [0.5, 0.6) is 0 Å². The number of nitrogens with one attached hydrogen (secondary N) is 2. The Morgan fingerprint density at radius 3 is 2.89 bits per heavy atom. The molecule has 0 fully saturated rings. The van der Waals surface area contributed by atoms with Gasteiger partial charge in [0.1, 0.15) is 5.82 Å². The van der Waals surface area contributed by atoms with Gasteiger partial charge in [0.2, 0.25) is 5.95 Å². The molecule has 2 aromatic heterocycles. The zero-order chi connectivity index (χ0) is 13.8. The Bertz CT molecular complexity index is 538. The molecule has 7 nitrogen and oxygen atoms in total. The first-order chi connectivity index (χ1) is 9.11. The quantitative estimate of drug-likeness (QED) is 0.817. The van der Waals surface area contributed by atoms with Gasteiger partial charge in [0, 0.05) is 20.6 Å². The van der Waals surface area contributed by atoms with Gasteiger partial charge in [-0.2, -0.15) is 15.1 Å². The summed E-state index contributed by atoms with van der Waals surface area (Å²) in [6.45, 7) is 5.47. The molecule has 0 amide bonds. The van der Waals surface area contributed by atoms with Crippen LogP contribution in [0, 0.1) is 0 Å². The Balaban J connectivity index is 2.19. The summed E-state index contributed by atoms with van der Waals surface area (Å²) in [5.41, 5.74) is 0.728. The molecule has 0 atom stereocenters. The third-order valence-corrected chi connectivity index (χ3v) is 2.75. The second-order valence-electron chi connectivity index (χ2n) is 4.59.